The van der Waals surface area contributed by atoms with Crippen molar-refractivity contribution in [1.82, 2.24) is 20.4 Å². The number of halogens is 3. The number of unbranched alkanes of at least 4 members (excludes halogenated alkanes) is 1. The molecule has 1 atom stereocenters. The second kappa shape index (κ2) is 12.6. The fourth-order valence-electron chi connectivity index (χ4n) is 4.00. The Morgan fingerprint density at radius 2 is 1.80 bits per heavy atom. The van der Waals surface area contributed by atoms with Crippen molar-refractivity contribution in [3.63, 3.8) is 0 Å². The Morgan fingerprint density at radius 1 is 1.10 bits per heavy atom. The zero-order valence-corrected chi connectivity index (χ0v) is 20.4. The van der Waals surface area contributed by atoms with Gasteiger partial charge in [0.2, 0.25) is 0 Å². The van der Waals surface area contributed by atoms with Crippen molar-refractivity contribution in [2.75, 3.05) is 71.4 Å². The Labute approximate surface area is 196 Å². The van der Waals surface area contributed by atoms with Gasteiger partial charge in [0.15, 0.2) is 5.96 Å². The molecule has 9 heteroatoms. The van der Waals surface area contributed by atoms with E-state index in [-0.39, 0.29) is 35.7 Å². The molecule has 0 bridgehead atoms. The average molecular weight is 536 g/mol. The van der Waals surface area contributed by atoms with Crippen LogP contribution in [0.25, 0.3) is 0 Å². The number of anilines is 1. The van der Waals surface area contributed by atoms with Crippen LogP contribution in [0.1, 0.15) is 19.3 Å². The van der Waals surface area contributed by atoms with Gasteiger partial charge in [0.05, 0.1) is 0 Å². The number of hydrogen-bond acceptors (Lipinski definition) is 4. The summed E-state index contributed by atoms with van der Waals surface area (Å²) in [4.78, 5) is 11.0. The first kappa shape index (κ1) is 25.1. The second-order valence-corrected chi connectivity index (χ2v) is 8.00. The van der Waals surface area contributed by atoms with Crippen LogP contribution in [0.3, 0.4) is 0 Å². The molecule has 3 rings (SSSR count). The number of nitrogens with one attached hydrogen (secondary N) is 2. The highest BCUT2D eigenvalue weighted by Crippen LogP contribution is 2.26. The van der Waals surface area contributed by atoms with Gasteiger partial charge in [-0.2, -0.15) is 0 Å². The van der Waals surface area contributed by atoms with Crippen molar-refractivity contribution in [1.29, 1.82) is 0 Å². The highest BCUT2D eigenvalue weighted by Gasteiger charge is 2.27. The number of likely N-dealkylation sites (N-methyl/N-ethyl adjacent to an activating group) is 1. The topological polar surface area (TPSA) is 46.1 Å². The summed E-state index contributed by atoms with van der Waals surface area (Å²) in [5, 5.41) is 6.75. The van der Waals surface area contributed by atoms with Crippen molar-refractivity contribution >= 4 is 35.6 Å². The molecule has 6 nitrogen and oxygen atoms in total. The van der Waals surface area contributed by atoms with E-state index in [9.17, 15) is 8.78 Å². The van der Waals surface area contributed by atoms with Gasteiger partial charge in [0.1, 0.15) is 17.3 Å². The van der Waals surface area contributed by atoms with Crippen LogP contribution >= 0.6 is 24.0 Å². The molecule has 30 heavy (non-hydrogen) atoms. The number of aliphatic imine (C=N–C) groups is 1. The molecular formula is C21H35F2IN6. The van der Waals surface area contributed by atoms with Crippen molar-refractivity contribution in [3.05, 3.63) is 29.8 Å². The van der Waals surface area contributed by atoms with E-state index < -0.39 is 11.6 Å². The molecule has 1 aromatic carbocycles. The highest BCUT2D eigenvalue weighted by molar-refractivity contribution is 14.0. The van der Waals surface area contributed by atoms with Crippen molar-refractivity contribution < 1.29 is 8.78 Å². The smallest absolute Gasteiger partial charge is 0.191 e. The fraction of sp³-hybridized carbons (Fsp3) is 0.667. The molecule has 2 aliphatic heterocycles. The summed E-state index contributed by atoms with van der Waals surface area (Å²) < 4.78 is 28.0. The quantitative estimate of drug-likeness (QED) is 0.243. The Balaban J connectivity index is 0.00000320. The molecule has 170 valence electrons. The number of guanidine groups is 1. The summed E-state index contributed by atoms with van der Waals surface area (Å²) in [6.45, 7) is 7.83. The van der Waals surface area contributed by atoms with Gasteiger partial charge >= 0.3 is 0 Å². The van der Waals surface area contributed by atoms with Gasteiger partial charge in [-0.05, 0) is 45.0 Å². The van der Waals surface area contributed by atoms with E-state index in [1.165, 1.54) is 18.2 Å². The van der Waals surface area contributed by atoms with Crippen LogP contribution in [0, 0.1) is 11.6 Å². The van der Waals surface area contributed by atoms with Crippen molar-refractivity contribution in [2.45, 2.75) is 25.3 Å². The largest absolute Gasteiger partial charge is 0.365 e. The minimum Gasteiger partial charge on any atom is -0.365 e. The van der Waals surface area contributed by atoms with Crippen LogP contribution < -0.4 is 15.5 Å². The molecule has 2 heterocycles. The molecule has 0 aliphatic carbocycles. The SMILES string of the molecule is CN=C(NCCCCN1CCN(C)CC1)NC1CCN(c2c(F)cccc2F)C1.I. The van der Waals surface area contributed by atoms with E-state index >= 15 is 0 Å². The molecule has 1 unspecified atom stereocenters. The normalized spacial score (nSPS) is 20.9. The molecule has 0 amide bonds. The van der Waals surface area contributed by atoms with Crippen LogP contribution in [0.4, 0.5) is 14.5 Å². The molecule has 0 spiro atoms. The van der Waals surface area contributed by atoms with E-state index in [1.54, 1.807) is 11.9 Å². The van der Waals surface area contributed by atoms with Crippen LogP contribution in [0.15, 0.2) is 23.2 Å². The van der Waals surface area contributed by atoms with Gasteiger partial charge in [-0.3, -0.25) is 4.99 Å². The highest BCUT2D eigenvalue weighted by atomic mass is 127. The lowest BCUT2D eigenvalue weighted by atomic mass is 10.2. The van der Waals surface area contributed by atoms with Gasteiger partial charge in [0, 0.05) is 58.9 Å². The lowest BCUT2D eigenvalue weighted by molar-refractivity contribution is 0.152. The third kappa shape index (κ3) is 7.19. The predicted octanol–water partition coefficient (Wildman–Crippen LogP) is 2.35. The number of piperazine rings is 1. The summed E-state index contributed by atoms with van der Waals surface area (Å²) >= 11 is 0. The molecule has 2 fully saturated rings. The standard InChI is InChI=1S/C21H34F2N6.HI/c1-24-21(25-9-3-4-10-28-14-12-27(2)13-15-28)26-17-8-11-29(16-17)20-18(22)6-5-7-19(20)23;/h5-7,17H,3-4,8-16H2,1-2H3,(H2,24,25,26);1H. The summed E-state index contributed by atoms with van der Waals surface area (Å²) in [7, 11) is 3.93. The lowest BCUT2D eigenvalue weighted by Gasteiger charge is -2.32. The summed E-state index contributed by atoms with van der Waals surface area (Å²) in [5.74, 6) is -0.257. The maximum Gasteiger partial charge on any atom is 0.191 e. The Hall–Kier alpha value is -1.20. The average Bonchev–Trinajstić information content (AvgIpc) is 3.16. The number of hydrogen-bond donors (Lipinski definition) is 2. The maximum absolute atomic E-state index is 14.0. The van der Waals surface area contributed by atoms with Crippen molar-refractivity contribution in [3.8, 4) is 0 Å². The zero-order valence-electron chi connectivity index (χ0n) is 18.0. The summed E-state index contributed by atoms with van der Waals surface area (Å²) in [5.41, 5.74) is 0.0728. The minimum absolute atomic E-state index is 0. The molecule has 1 aromatic rings. The molecule has 2 saturated heterocycles. The Morgan fingerprint density at radius 3 is 2.47 bits per heavy atom. The van der Waals surface area contributed by atoms with Gasteiger partial charge in [-0.15, -0.1) is 24.0 Å². The predicted molar refractivity (Wildman–Crippen MR) is 130 cm³/mol. The fourth-order valence-corrected chi connectivity index (χ4v) is 4.00. The van der Waals surface area contributed by atoms with E-state index in [1.807, 2.05) is 0 Å². The Bertz CT molecular complexity index is 661. The van der Waals surface area contributed by atoms with Crippen molar-refractivity contribution in [2.24, 2.45) is 4.99 Å². The van der Waals surface area contributed by atoms with Crippen LogP contribution in [0.5, 0.6) is 0 Å². The third-order valence-electron chi connectivity index (χ3n) is 5.80. The third-order valence-corrected chi connectivity index (χ3v) is 5.80. The maximum atomic E-state index is 14.0. The van der Waals surface area contributed by atoms with Crippen LogP contribution in [-0.2, 0) is 0 Å². The van der Waals surface area contributed by atoms with Gasteiger partial charge in [-0.1, -0.05) is 6.07 Å². The zero-order chi connectivity index (χ0) is 20.6. The molecule has 2 N–H and O–H groups in total. The number of para-hydroxylation sites is 1. The Kier molecular flexibility index (Phi) is 10.5. The molecule has 0 aromatic heterocycles. The molecular weight excluding hydrogens is 501 g/mol. The summed E-state index contributed by atoms with van der Waals surface area (Å²) in [6.07, 6.45) is 3.07. The lowest BCUT2D eigenvalue weighted by Crippen LogP contribution is -2.45. The molecule has 0 radical (unpaired) electrons. The number of rotatable bonds is 7. The number of benzene rings is 1. The molecule has 2 aliphatic rings. The first-order valence-electron chi connectivity index (χ1n) is 10.6. The first-order valence-corrected chi connectivity index (χ1v) is 10.6. The van der Waals surface area contributed by atoms with E-state index in [2.05, 4.69) is 32.5 Å². The monoisotopic (exact) mass is 536 g/mol. The van der Waals surface area contributed by atoms with Gasteiger partial charge in [0.25, 0.3) is 0 Å². The van der Waals surface area contributed by atoms with Crippen LogP contribution in [0.2, 0.25) is 0 Å². The number of nitrogens with zero attached hydrogens (tertiary/aromatic N) is 4. The summed E-state index contributed by atoms with van der Waals surface area (Å²) in [6, 6.07) is 4.13. The van der Waals surface area contributed by atoms with Crippen LogP contribution in [-0.4, -0.2) is 88.3 Å². The molecule has 0 saturated carbocycles. The van der Waals surface area contributed by atoms with Gasteiger partial charge in [-0.25, -0.2) is 8.78 Å². The van der Waals surface area contributed by atoms with E-state index in [0.717, 1.165) is 64.5 Å². The minimum atomic E-state index is -0.506. The second-order valence-electron chi connectivity index (χ2n) is 8.00. The van der Waals surface area contributed by atoms with E-state index in [0.29, 0.717) is 13.1 Å². The van der Waals surface area contributed by atoms with Gasteiger partial charge < -0.3 is 25.3 Å². The first-order chi connectivity index (χ1) is 14.1. The van der Waals surface area contributed by atoms with E-state index in [4.69, 9.17) is 0 Å².